The number of hydrogen-bond donors (Lipinski definition) is 0. The zero-order chi connectivity index (χ0) is 13.1. The Bertz CT molecular complexity index is 506. The summed E-state index contributed by atoms with van der Waals surface area (Å²) < 4.78 is 0. The van der Waals surface area contributed by atoms with Crippen LogP contribution in [-0.4, -0.2) is 0 Å². The molecule has 2 rings (SSSR count). The quantitative estimate of drug-likeness (QED) is 0.665. The van der Waals surface area contributed by atoms with Crippen LogP contribution in [0, 0.1) is 13.8 Å². The summed E-state index contributed by atoms with van der Waals surface area (Å²) in [6.45, 7) is 6.41. The van der Waals surface area contributed by atoms with Gasteiger partial charge in [0, 0.05) is 0 Å². The first-order valence-corrected chi connectivity index (χ1v) is 6.86. The van der Waals surface area contributed by atoms with E-state index in [1.54, 1.807) is 0 Å². The summed E-state index contributed by atoms with van der Waals surface area (Å²) in [5, 5.41) is -0.0582. The Hall–Kier alpha value is -1.27. The van der Waals surface area contributed by atoms with Crippen LogP contribution in [0.1, 0.15) is 40.1 Å². The fraction of sp³-hybridized carbons (Fsp3) is 0.294. The molecule has 0 saturated carbocycles. The van der Waals surface area contributed by atoms with Crippen molar-refractivity contribution in [1.82, 2.24) is 0 Å². The van der Waals surface area contributed by atoms with Crippen LogP contribution in [0.4, 0.5) is 0 Å². The highest BCUT2D eigenvalue weighted by Gasteiger charge is 2.15. The summed E-state index contributed by atoms with van der Waals surface area (Å²) in [4.78, 5) is 0. The van der Waals surface area contributed by atoms with Crippen molar-refractivity contribution in [3.8, 4) is 0 Å². The molecule has 2 aromatic carbocycles. The topological polar surface area (TPSA) is 0 Å². The summed E-state index contributed by atoms with van der Waals surface area (Å²) >= 11 is 6.64. The molecule has 1 unspecified atom stereocenters. The van der Waals surface area contributed by atoms with Gasteiger partial charge in [-0.3, -0.25) is 0 Å². The molecule has 0 aliphatic heterocycles. The molecule has 0 aliphatic carbocycles. The molecule has 0 fully saturated rings. The molecule has 1 atom stereocenters. The van der Waals surface area contributed by atoms with Gasteiger partial charge in [0.05, 0.1) is 5.38 Å². The molecule has 2 aromatic rings. The maximum Gasteiger partial charge on any atom is 0.0840 e. The van der Waals surface area contributed by atoms with Crippen molar-refractivity contribution >= 4 is 11.6 Å². The van der Waals surface area contributed by atoms with Gasteiger partial charge in [-0.05, 0) is 48.1 Å². The van der Waals surface area contributed by atoms with Crippen LogP contribution in [0.2, 0.25) is 0 Å². The number of hydrogen-bond acceptors (Lipinski definition) is 0. The molecule has 0 N–H and O–H groups in total. The van der Waals surface area contributed by atoms with Crippen molar-refractivity contribution in [2.24, 2.45) is 0 Å². The third kappa shape index (κ3) is 2.59. The van der Waals surface area contributed by atoms with E-state index < -0.39 is 0 Å². The smallest absolute Gasteiger partial charge is 0.0840 e. The normalized spacial score (nSPS) is 12.4. The Morgan fingerprint density at radius 3 is 2.00 bits per heavy atom. The van der Waals surface area contributed by atoms with Crippen LogP contribution < -0.4 is 0 Å². The highest BCUT2D eigenvalue weighted by molar-refractivity contribution is 6.22. The zero-order valence-electron chi connectivity index (χ0n) is 11.2. The van der Waals surface area contributed by atoms with Gasteiger partial charge < -0.3 is 0 Å². The van der Waals surface area contributed by atoms with Gasteiger partial charge in [-0.1, -0.05) is 49.4 Å². The van der Waals surface area contributed by atoms with Crippen molar-refractivity contribution in [3.63, 3.8) is 0 Å². The Labute approximate surface area is 115 Å². The van der Waals surface area contributed by atoms with E-state index in [2.05, 4.69) is 63.2 Å². The van der Waals surface area contributed by atoms with Crippen molar-refractivity contribution in [3.05, 3.63) is 70.3 Å². The standard InChI is InChI=1S/C17H19Cl/c1-4-14-8-10-15(11-9-14)17(18)16-12(2)6-5-7-13(16)3/h5-11,17H,4H2,1-3H3. The van der Waals surface area contributed by atoms with Gasteiger partial charge in [0.25, 0.3) is 0 Å². The molecule has 0 radical (unpaired) electrons. The fourth-order valence-electron chi connectivity index (χ4n) is 2.32. The second-order valence-electron chi connectivity index (χ2n) is 4.76. The van der Waals surface area contributed by atoms with Crippen molar-refractivity contribution in [2.45, 2.75) is 32.6 Å². The molecule has 0 amide bonds. The van der Waals surface area contributed by atoms with E-state index in [9.17, 15) is 0 Å². The van der Waals surface area contributed by atoms with Gasteiger partial charge in [0.15, 0.2) is 0 Å². The van der Waals surface area contributed by atoms with Gasteiger partial charge in [-0.2, -0.15) is 0 Å². The second kappa shape index (κ2) is 5.58. The molecule has 0 spiro atoms. The fourth-order valence-corrected chi connectivity index (χ4v) is 2.81. The average Bonchev–Trinajstić information content (AvgIpc) is 2.38. The molecule has 0 saturated heterocycles. The summed E-state index contributed by atoms with van der Waals surface area (Å²) in [5.41, 5.74) is 6.28. The Kier molecular flexibility index (Phi) is 4.08. The van der Waals surface area contributed by atoms with Crippen molar-refractivity contribution in [1.29, 1.82) is 0 Å². The minimum atomic E-state index is -0.0582. The molecule has 1 heteroatoms. The van der Waals surface area contributed by atoms with Gasteiger partial charge in [0.2, 0.25) is 0 Å². The molecule has 94 valence electrons. The van der Waals surface area contributed by atoms with Crippen molar-refractivity contribution < 1.29 is 0 Å². The highest BCUT2D eigenvalue weighted by Crippen LogP contribution is 2.33. The van der Waals surface area contributed by atoms with Crippen LogP contribution in [0.25, 0.3) is 0 Å². The lowest BCUT2D eigenvalue weighted by molar-refractivity contribution is 1.07. The predicted molar refractivity (Wildman–Crippen MR) is 79.4 cm³/mol. The maximum absolute atomic E-state index is 6.64. The molecule has 0 aliphatic rings. The maximum atomic E-state index is 6.64. The van der Waals surface area contributed by atoms with Crippen LogP contribution in [0.3, 0.4) is 0 Å². The van der Waals surface area contributed by atoms with Crippen LogP contribution in [-0.2, 0) is 6.42 Å². The second-order valence-corrected chi connectivity index (χ2v) is 5.20. The molecule has 0 aromatic heterocycles. The largest absolute Gasteiger partial charge is 0.113 e. The number of rotatable bonds is 3. The van der Waals surface area contributed by atoms with Crippen molar-refractivity contribution in [2.75, 3.05) is 0 Å². The molecule has 18 heavy (non-hydrogen) atoms. The minimum Gasteiger partial charge on any atom is -0.113 e. The SMILES string of the molecule is CCc1ccc(C(Cl)c2c(C)cccc2C)cc1. The molecule has 0 heterocycles. The number of benzene rings is 2. The van der Waals surface area contributed by atoms with Crippen LogP contribution >= 0.6 is 11.6 Å². The Balaban J connectivity index is 2.38. The van der Waals surface area contributed by atoms with Gasteiger partial charge in [-0.15, -0.1) is 11.6 Å². The Morgan fingerprint density at radius 1 is 0.944 bits per heavy atom. The van der Waals surface area contributed by atoms with E-state index in [4.69, 9.17) is 11.6 Å². The van der Waals surface area contributed by atoms with Crippen LogP contribution in [0.15, 0.2) is 42.5 Å². The first-order chi connectivity index (χ1) is 8.63. The molecular weight excluding hydrogens is 240 g/mol. The summed E-state index contributed by atoms with van der Waals surface area (Å²) in [5.74, 6) is 0. The predicted octanol–water partition coefficient (Wildman–Crippen LogP) is 5.19. The van der Waals surface area contributed by atoms with Gasteiger partial charge in [-0.25, -0.2) is 0 Å². The molecule has 0 bridgehead atoms. The number of aryl methyl sites for hydroxylation is 3. The lowest BCUT2D eigenvalue weighted by Gasteiger charge is -2.16. The van der Waals surface area contributed by atoms with E-state index >= 15 is 0 Å². The molecular formula is C17H19Cl. The zero-order valence-corrected chi connectivity index (χ0v) is 12.0. The van der Waals surface area contributed by atoms with Gasteiger partial charge in [0.1, 0.15) is 0 Å². The third-order valence-corrected chi connectivity index (χ3v) is 3.95. The molecule has 0 nitrogen and oxygen atoms in total. The first-order valence-electron chi connectivity index (χ1n) is 6.42. The average molecular weight is 259 g/mol. The van der Waals surface area contributed by atoms with E-state index in [1.807, 2.05) is 0 Å². The van der Waals surface area contributed by atoms with E-state index in [0.29, 0.717) is 0 Å². The van der Waals surface area contributed by atoms with Crippen LogP contribution in [0.5, 0.6) is 0 Å². The third-order valence-electron chi connectivity index (χ3n) is 3.48. The summed E-state index contributed by atoms with van der Waals surface area (Å²) in [6.07, 6.45) is 1.07. The first kappa shape index (κ1) is 13.2. The number of alkyl halides is 1. The van der Waals surface area contributed by atoms with E-state index in [0.717, 1.165) is 6.42 Å². The summed E-state index contributed by atoms with van der Waals surface area (Å²) in [7, 11) is 0. The lowest BCUT2D eigenvalue weighted by atomic mass is 9.95. The minimum absolute atomic E-state index is 0.0582. The number of halogens is 1. The Morgan fingerprint density at radius 2 is 1.50 bits per heavy atom. The summed E-state index contributed by atoms with van der Waals surface area (Å²) in [6, 6.07) is 14.9. The van der Waals surface area contributed by atoms with E-state index in [-0.39, 0.29) is 5.38 Å². The lowest BCUT2D eigenvalue weighted by Crippen LogP contribution is -1.99. The van der Waals surface area contributed by atoms with Gasteiger partial charge >= 0.3 is 0 Å². The highest BCUT2D eigenvalue weighted by atomic mass is 35.5. The monoisotopic (exact) mass is 258 g/mol. The van der Waals surface area contributed by atoms with E-state index in [1.165, 1.54) is 27.8 Å².